The van der Waals surface area contributed by atoms with Crippen LogP contribution in [0.5, 0.6) is 0 Å². The molecule has 1 atom stereocenters. The standard InChI is InChI=1S/C11H18N2O3/c1-7(2)4-9(5-14)13-11(15)10-8(3)12-6-16-10/h6-7,9,14H,4-5H2,1-3H3,(H,13,15). The number of aliphatic hydroxyl groups excluding tert-OH is 1. The number of carbonyl (C=O) groups is 1. The highest BCUT2D eigenvalue weighted by molar-refractivity contribution is 5.92. The molecule has 1 rings (SSSR count). The maximum atomic E-state index is 11.7. The molecule has 1 unspecified atom stereocenters. The molecule has 0 saturated heterocycles. The summed E-state index contributed by atoms with van der Waals surface area (Å²) in [6.45, 7) is 5.70. The lowest BCUT2D eigenvalue weighted by molar-refractivity contribution is 0.0879. The molecule has 0 aromatic carbocycles. The average Bonchev–Trinajstić information content (AvgIpc) is 2.62. The number of amides is 1. The molecule has 2 N–H and O–H groups in total. The lowest BCUT2D eigenvalue weighted by atomic mass is 10.0. The minimum absolute atomic E-state index is 0.0723. The van der Waals surface area contributed by atoms with E-state index in [4.69, 9.17) is 9.52 Å². The van der Waals surface area contributed by atoms with E-state index in [1.165, 1.54) is 6.39 Å². The molecular weight excluding hydrogens is 208 g/mol. The number of carbonyl (C=O) groups excluding carboxylic acids is 1. The molecule has 16 heavy (non-hydrogen) atoms. The van der Waals surface area contributed by atoms with Crippen LogP contribution in [0.4, 0.5) is 0 Å². The molecule has 0 fully saturated rings. The van der Waals surface area contributed by atoms with E-state index in [1.54, 1.807) is 6.92 Å². The molecule has 1 aromatic rings. The van der Waals surface area contributed by atoms with Crippen molar-refractivity contribution in [3.8, 4) is 0 Å². The second-order valence-corrected chi connectivity index (χ2v) is 4.25. The quantitative estimate of drug-likeness (QED) is 0.789. The van der Waals surface area contributed by atoms with Crippen molar-refractivity contribution in [1.82, 2.24) is 10.3 Å². The first-order chi connectivity index (χ1) is 7.54. The third-order valence-electron chi connectivity index (χ3n) is 2.26. The lowest BCUT2D eigenvalue weighted by Gasteiger charge is -2.17. The smallest absolute Gasteiger partial charge is 0.289 e. The number of nitrogens with one attached hydrogen (secondary N) is 1. The molecule has 0 aliphatic heterocycles. The van der Waals surface area contributed by atoms with Gasteiger partial charge in [0.2, 0.25) is 5.76 Å². The third kappa shape index (κ3) is 3.34. The van der Waals surface area contributed by atoms with Gasteiger partial charge in [-0.3, -0.25) is 4.79 Å². The van der Waals surface area contributed by atoms with Gasteiger partial charge in [-0.2, -0.15) is 0 Å². The van der Waals surface area contributed by atoms with Crippen LogP contribution in [0, 0.1) is 12.8 Å². The maximum absolute atomic E-state index is 11.7. The third-order valence-corrected chi connectivity index (χ3v) is 2.26. The first-order valence-corrected chi connectivity index (χ1v) is 5.36. The first-order valence-electron chi connectivity index (χ1n) is 5.36. The maximum Gasteiger partial charge on any atom is 0.289 e. The van der Waals surface area contributed by atoms with E-state index in [2.05, 4.69) is 10.3 Å². The van der Waals surface area contributed by atoms with E-state index < -0.39 is 0 Å². The number of nitrogens with zero attached hydrogens (tertiary/aromatic N) is 1. The second-order valence-electron chi connectivity index (χ2n) is 4.25. The summed E-state index contributed by atoms with van der Waals surface area (Å²) in [5.41, 5.74) is 0.554. The molecule has 0 radical (unpaired) electrons. The zero-order valence-electron chi connectivity index (χ0n) is 9.86. The zero-order chi connectivity index (χ0) is 12.1. The summed E-state index contributed by atoms with van der Waals surface area (Å²) in [5, 5.41) is 11.8. The zero-order valence-corrected chi connectivity index (χ0v) is 9.86. The van der Waals surface area contributed by atoms with Crippen LogP contribution in [0.1, 0.15) is 36.5 Å². The average molecular weight is 226 g/mol. The van der Waals surface area contributed by atoms with Crippen LogP contribution in [0.25, 0.3) is 0 Å². The summed E-state index contributed by atoms with van der Waals surface area (Å²) in [6.07, 6.45) is 1.97. The van der Waals surface area contributed by atoms with Gasteiger partial charge in [-0.1, -0.05) is 13.8 Å². The number of rotatable bonds is 5. The number of hydrogen-bond donors (Lipinski definition) is 2. The Morgan fingerprint density at radius 1 is 1.62 bits per heavy atom. The van der Waals surface area contributed by atoms with Crippen LogP contribution >= 0.6 is 0 Å². The van der Waals surface area contributed by atoms with Crippen molar-refractivity contribution in [2.75, 3.05) is 6.61 Å². The van der Waals surface area contributed by atoms with E-state index in [9.17, 15) is 4.79 Å². The van der Waals surface area contributed by atoms with Gasteiger partial charge in [0.1, 0.15) is 0 Å². The van der Waals surface area contributed by atoms with Gasteiger partial charge >= 0.3 is 0 Å². The van der Waals surface area contributed by atoms with Crippen LogP contribution < -0.4 is 5.32 Å². The lowest BCUT2D eigenvalue weighted by Crippen LogP contribution is -2.38. The van der Waals surface area contributed by atoms with Gasteiger partial charge in [-0.25, -0.2) is 4.98 Å². The Morgan fingerprint density at radius 2 is 2.31 bits per heavy atom. The van der Waals surface area contributed by atoms with Crippen LogP contribution in [0.2, 0.25) is 0 Å². The molecular formula is C11H18N2O3. The van der Waals surface area contributed by atoms with E-state index >= 15 is 0 Å². The second kappa shape index (κ2) is 5.65. The summed E-state index contributed by atoms with van der Waals surface area (Å²) < 4.78 is 4.97. The minimum Gasteiger partial charge on any atom is -0.438 e. The Kier molecular flexibility index (Phi) is 4.49. The van der Waals surface area contributed by atoms with Gasteiger partial charge in [0.05, 0.1) is 18.3 Å². The monoisotopic (exact) mass is 226 g/mol. The van der Waals surface area contributed by atoms with Crippen molar-refractivity contribution >= 4 is 5.91 Å². The summed E-state index contributed by atoms with van der Waals surface area (Å²) in [6, 6.07) is -0.239. The molecule has 5 nitrogen and oxygen atoms in total. The summed E-state index contributed by atoms with van der Waals surface area (Å²) in [7, 11) is 0. The molecule has 1 aromatic heterocycles. The van der Waals surface area contributed by atoms with Gasteiger partial charge < -0.3 is 14.8 Å². The van der Waals surface area contributed by atoms with E-state index in [1.807, 2.05) is 13.8 Å². The van der Waals surface area contributed by atoms with Gasteiger partial charge in [0.15, 0.2) is 6.39 Å². The van der Waals surface area contributed by atoms with Crippen molar-refractivity contribution < 1.29 is 14.3 Å². The van der Waals surface area contributed by atoms with Crippen molar-refractivity contribution in [2.45, 2.75) is 33.2 Å². The topological polar surface area (TPSA) is 75.4 Å². The number of aliphatic hydroxyl groups is 1. The Labute approximate surface area is 94.9 Å². The highest BCUT2D eigenvalue weighted by atomic mass is 16.3. The summed E-state index contributed by atoms with van der Waals surface area (Å²) in [5.74, 6) is 0.296. The Morgan fingerprint density at radius 3 is 2.75 bits per heavy atom. The summed E-state index contributed by atoms with van der Waals surface area (Å²) >= 11 is 0. The van der Waals surface area contributed by atoms with Crippen molar-refractivity contribution in [3.05, 3.63) is 17.8 Å². The Balaban J connectivity index is 2.59. The summed E-state index contributed by atoms with van der Waals surface area (Å²) in [4.78, 5) is 15.6. The van der Waals surface area contributed by atoms with Crippen LogP contribution in [0.3, 0.4) is 0 Å². The fraction of sp³-hybridized carbons (Fsp3) is 0.636. The predicted molar refractivity (Wildman–Crippen MR) is 59.0 cm³/mol. The minimum atomic E-state index is -0.324. The highest BCUT2D eigenvalue weighted by Crippen LogP contribution is 2.08. The van der Waals surface area contributed by atoms with Crippen molar-refractivity contribution in [3.63, 3.8) is 0 Å². The van der Waals surface area contributed by atoms with Gasteiger partial charge in [0, 0.05) is 0 Å². The fourth-order valence-corrected chi connectivity index (χ4v) is 1.52. The molecule has 0 aliphatic rings. The molecule has 5 heteroatoms. The normalized spacial score (nSPS) is 12.8. The molecule has 0 aliphatic carbocycles. The van der Waals surface area contributed by atoms with E-state index in [0.717, 1.165) is 6.42 Å². The molecule has 90 valence electrons. The molecule has 1 heterocycles. The number of oxazole rings is 1. The van der Waals surface area contributed by atoms with Crippen LogP contribution in [0.15, 0.2) is 10.8 Å². The first kappa shape index (κ1) is 12.7. The largest absolute Gasteiger partial charge is 0.438 e. The molecule has 0 bridgehead atoms. The number of aromatic nitrogens is 1. The van der Waals surface area contributed by atoms with E-state index in [0.29, 0.717) is 11.6 Å². The van der Waals surface area contributed by atoms with Gasteiger partial charge in [0.25, 0.3) is 5.91 Å². The molecule has 1 amide bonds. The van der Waals surface area contributed by atoms with Crippen LogP contribution in [-0.4, -0.2) is 28.6 Å². The SMILES string of the molecule is Cc1ncoc1C(=O)NC(CO)CC(C)C. The number of aryl methyl sites for hydroxylation is 1. The molecule has 0 spiro atoms. The fourth-order valence-electron chi connectivity index (χ4n) is 1.52. The molecule has 0 saturated carbocycles. The van der Waals surface area contributed by atoms with E-state index in [-0.39, 0.29) is 24.3 Å². The van der Waals surface area contributed by atoms with Gasteiger partial charge in [-0.05, 0) is 19.3 Å². The Bertz CT molecular complexity index is 347. The number of hydrogen-bond acceptors (Lipinski definition) is 4. The predicted octanol–water partition coefficient (Wildman–Crippen LogP) is 1.12. The van der Waals surface area contributed by atoms with Crippen molar-refractivity contribution in [1.29, 1.82) is 0 Å². The van der Waals surface area contributed by atoms with Gasteiger partial charge in [-0.15, -0.1) is 0 Å². The van der Waals surface area contributed by atoms with Crippen LogP contribution in [-0.2, 0) is 0 Å². The van der Waals surface area contributed by atoms with Crippen molar-refractivity contribution in [2.24, 2.45) is 5.92 Å². The Hall–Kier alpha value is -1.36. The highest BCUT2D eigenvalue weighted by Gasteiger charge is 2.18.